The maximum absolute atomic E-state index is 4.61. The quantitative estimate of drug-likeness (QED) is 0.662. The van der Waals surface area contributed by atoms with Gasteiger partial charge in [-0.05, 0) is 26.7 Å². The van der Waals surface area contributed by atoms with Crippen LogP contribution in [0.1, 0.15) is 25.5 Å². The van der Waals surface area contributed by atoms with E-state index in [-0.39, 0.29) is 0 Å². The van der Waals surface area contributed by atoms with E-state index < -0.39 is 0 Å². The van der Waals surface area contributed by atoms with E-state index in [1.54, 1.807) is 0 Å². The molecule has 2 aliphatic heterocycles. The lowest BCUT2D eigenvalue weighted by atomic mass is 10.3. The van der Waals surface area contributed by atoms with Gasteiger partial charge in [-0.1, -0.05) is 0 Å². The molecule has 0 saturated carbocycles. The normalized spacial score (nSPS) is 19.5. The number of hydrogen-bond acceptors (Lipinski definition) is 4. The van der Waals surface area contributed by atoms with Gasteiger partial charge in [0.25, 0.3) is 0 Å². The fourth-order valence-electron chi connectivity index (χ4n) is 2.17. The van der Waals surface area contributed by atoms with Gasteiger partial charge in [0.05, 0.1) is 5.69 Å². The average molecular weight is 217 g/mol. The van der Waals surface area contributed by atoms with Gasteiger partial charge in [-0.2, -0.15) is 9.78 Å². The minimum atomic E-state index is 0.886. The van der Waals surface area contributed by atoms with Gasteiger partial charge in [-0.25, -0.2) is 4.99 Å². The molecule has 0 aromatic carbocycles. The van der Waals surface area contributed by atoms with Gasteiger partial charge < -0.3 is 0 Å². The van der Waals surface area contributed by atoms with Gasteiger partial charge in [-0.15, -0.1) is 0 Å². The monoisotopic (exact) mass is 217 g/mol. The van der Waals surface area contributed by atoms with Crippen molar-refractivity contribution in [1.29, 1.82) is 0 Å². The molecule has 1 aromatic rings. The van der Waals surface area contributed by atoms with Crippen LogP contribution >= 0.6 is 0 Å². The fraction of sp³-hybridized carbons (Fsp3) is 0.545. The lowest BCUT2D eigenvalue weighted by Gasteiger charge is -2.27. The number of aromatic nitrogens is 2. The minimum absolute atomic E-state index is 0.886. The number of amidine groups is 1. The molecular formula is C11H15N5. The number of hydrogen-bond donors (Lipinski definition) is 0. The van der Waals surface area contributed by atoms with Crippen molar-refractivity contribution >= 4 is 17.6 Å². The Morgan fingerprint density at radius 3 is 3.00 bits per heavy atom. The van der Waals surface area contributed by atoms with E-state index in [2.05, 4.69) is 20.0 Å². The molecule has 0 unspecified atom stereocenters. The van der Waals surface area contributed by atoms with E-state index in [4.69, 9.17) is 0 Å². The van der Waals surface area contributed by atoms with Crippen molar-refractivity contribution in [1.82, 2.24) is 14.7 Å². The van der Waals surface area contributed by atoms with E-state index in [1.165, 1.54) is 0 Å². The van der Waals surface area contributed by atoms with Crippen molar-refractivity contribution in [2.75, 3.05) is 13.1 Å². The first-order valence-electron chi connectivity index (χ1n) is 5.70. The van der Waals surface area contributed by atoms with Crippen LogP contribution in [0.2, 0.25) is 0 Å². The summed E-state index contributed by atoms with van der Waals surface area (Å²) >= 11 is 0. The Kier molecular flexibility index (Phi) is 2.05. The molecule has 5 nitrogen and oxygen atoms in total. The third-order valence-electron chi connectivity index (χ3n) is 2.95. The van der Waals surface area contributed by atoms with E-state index in [0.29, 0.717) is 0 Å². The standard InChI is InChI=1S/C11H15N5/c1-8-7-10-13-9(2)15-6-4-3-5-12-11(15)16(10)14-8/h7H,3-6H2,1-2H3. The van der Waals surface area contributed by atoms with E-state index >= 15 is 0 Å². The van der Waals surface area contributed by atoms with Crippen molar-refractivity contribution in [3.63, 3.8) is 0 Å². The highest BCUT2D eigenvalue weighted by molar-refractivity contribution is 6.03. The van der Waals surface area contributed by atoms with Crippen LogP contribution in [0.25, 0.3) is 0 Å². The van der Waals surface area contributed by atoms with Crippen molar-refractivity contribution in [3.05, 3.63) is 11.8 Å². The molecule has 3 rings (SSSR count). The molecule has 0 aliphatic carbocycles. The van der Waals surface area contributed by atoms with Gasteiger partial charge in [0.1, 0.15) is 5.84 Å². The Bertz CT molecular complexity index is 483. The Hall–Kier alpha value is -1.65. The summed E-state index contributed by atoms with van der Waals surface area (Å²) in [7, 11) is 0. The maximum Gasteiger partial charge on any atom is 0.229 e. The predicted molar refractivity (Wildman–Crippen MR) is 63.4 cm³/mol. The van der Waals surface area contributed by atoms with Crippen LogP contribution in [0, 0.1) is 6.92 Å². The molecule has 0 radical (unpaired) electrons. The van der Waals surface area contributed by atoms with E-state index in [9.17, 15) is 0 Å². The highest BCUT2D eigenvalue weighted by Crippen LogP contribution is 2.22. The fourth-order valence-corrected chi connectivity index (χ4v) is 2.17. The number of rotatable bonds is 0. The summed E-state index contributed by atoms with van der Waals surface area (Å²) in [4.78, 5) is 11.3. The third-order valence-corrected chi connectivity index (χ3v) is 2.95. The van der Waals surface area contributed by atoms with Gasteiger partial charge in [0.2, 0.25) is 5.96 Å². The van der Waals surface area contributed by atoms with Crippen molar-refractivity contribution in [2.24, 2.45) is 9.98 Å². The second-order valence-corrected chi connectivity index (χ2v) is 4.26. The zero-order chi connectivity index (χ0) is 11.1. The van der Waals surface area contributed by atoms with Crippen molar-refractivity contribution < 1.29 is 0 Å². The summed E-state index contributed by atoms with van der Waals surface area (Å²) < 4.78 is 1.85. The molecule has 3 heterocycles. The van der Waals surface area contributed by atoms with Gasteiger partial charge in [-0.3, -0.25) is 9.89 Å². The second-order valence-electron chi connectivity index (χ2n) is 4.26. The number of fused-ring (bicyclic) bond motifs is 3. The molecule has 0 saturated heterocycles. The van der Waals surface area contributed by atoms with E-state index in [1.807, 2.05) is 24.6 Å². The smallest absolute Gasteiger partial charge is 0.229 e. The molecule has 0 fully saturated rings. The molecule has 0 spiro atoms. The minimum Gasteiger partial charge on any atom is -0.299 e. The Morgan fingerprint density at radius 2 is 2.12 bits per heavy atom. The summed E-state index contributed by atoms with van der Waals surface area (Å²) in [5.41, 5.74) is 0.986. The lowest BCUT2D eigenvalue weighted by Crippen LogP contribution is -2.42. The Morgan fingerprint density at radius 1 is 1.25 bits per heavy atom. The van der Waals surface area contributed by atoms with E-state index in [0.717, 1.165) is 49.2 Å². The molecule has 0 atom stereocenters. The zero-order valence-electron chi connectivity index (χ0n) is 9.64. The molecule has 1 aromatic heterocycles. The van der Waals surface area contributed by atoms with Crippen LogP contribution in [-0.4, -0.2) is 39.6 Å². The Balaban J connectivity index is 2.16. The molecule has 0 bridgehead atoms. The van der Waals surface area contributed by atoms with Crippen LogP contribution in [0.5, 0.6) is 0 Å². The van der Waals surface area contributed by atoms with Crippen LogP contribution in [0.4, 0.5) is 5.82 Å². The summed E-state index contributed by atoms with van der Waals surface area (Å²) in [6.07, 6.45) is 2.30. The SMILES string of the molecule is CC1=Nc2cc(C)nn2C2=NCCCCN12. The van der Waals surface area contributed by atoms with Gasteiger partial charge in [0.15, 0.2) is 5.82 Å². The van der Waals surface area contributed by atoms with Crippen molar-refractivity contribution in [2.45, 2.75) is 26.7 Å². The number of aliphatic imine (C=N–C) groups is 2. The predicted octanol–water partition coefficient (Wildman–Crippen LogP) is 1.55. The first kappa shape index (κ1) is 9.57. The molecular weight excluding hydrogens is 202 g/mol. The second kappa shape index (κ2) is 3.43. The summed E-state index contributed by atoms with van der Waals surface area (Å²) in [6.45, 7) is 5.90. The largest absolute Gasteiger partial charge is 0.299 e. The van der Waals surface area contributed by atoms with Crippen LogP contribution < -0.4 is 0 Å². The zero-order valence-corrected chi connectivity index (χ0v) is 9.64. The first-order valence-corrected chi connectivity index (χ1v) is 5.70. The number of nitrogens with zero attached hydrogens (tertiary/aromatic N) is 5. The van der Waals surface area contributed by atoms with Crippen LogP contribution in [0.3, 0.4) is 0 Å². The summed E-state index contributed by atoms with van der Waals surface area (Å²) in [5.74, 6) is 2.85. The number of aryl methyl sites for hydroxylation is 1. The average Bonchev–Trinajstić information content (AvgIpc) is 2.51. The molecule has 84 valence electrons. The summed E-state index contributed by atoms with van der Waals surface area (Å²) in [5, 5.41) is 4.45. The molecule has 5 heteroatoms. The first-order chi connectivity index (χ1) is 7.75. The molecule has 0 amide bonds. The van der Waals surface area contributed by atoms with Crippen LogP contribution in [0.15, 0.2) is 16.1 Å². The highest BCUT2D eigenvalue weighted by atomic mass is 15.5. The maximum atomic E-state index is 4.61. The summed E-state index contributed by atoms with van der Waals surface area (Å²) in [6, 6.07) is 1.99. The molecule has 2 aliphatic rings. The molecule has 16 heavy (non-hydrogen) atoms. The Labute approximate surface area is 94.5 Å². The van der Waals surface area contributed by atoms with Gasteiger partial charge >= 0.3 is 0 Å². The third kappa shape index (κ3) is 1.35. The van der Waals surface area contributed by atoms with Crippen LogP contribution in [-0.2, 0) is 0 Å². The molecule has 0 N–H and O–H groups in total. The highest BCUT2D eigenvalue weighted by Gasteiger charge is 2.25. The lowest BCUT2D eigenvalue weighted by molar-refractivity contribution is 0.549. The van der Waals surface area contributed by atoms with Gasteiger partial charge in [0, 0.05) is 19.2 Å². The van der Waals surface area contributed by atoms with Crippen molar-refractivity contribution in [3.8, 4) is 0 Å². The topological polar surface area (TPSA) is 45.8 Å².